The number of anilines is 1. The number of aromatic nitrogens is 3. The summed E-state index contributed by atoms with van der Waals surface area (Å²) in [6.45, 7) is 3.73. The Kier molecular flexibility index (Phi) is 5.96. The van der Waals surface area contributed by atoms with Gasteiger partial charge in [-0.15, -0.1) is 10.2 Å². The number of likely N-dealkylation sites (tertiary alicyclic amines) is 1. The van der Waals surface area contributed by atoms with Gasteiger partial charge in [-0.2, -0.15) is 13.2 Å². The molecular weight excluding hydrogens is 371 g/mol. The second-order valence-corrected chi connectivity index (χ2v) is 7.68. The molecular formula is C15H22F3N5O2S. The first-order chi connectivity index (χ1) is 12.3. The van der Waals surface area contributed by atoms with E-state index in [1.807, 2.05) is 0 Å². The van der Waals surface area contributed by atoms with Gasteiger partial charge in [-0.25, -0.2) is 0 Å². The minimum absolute atomic E-state index is 0.0676. The first kappa shape index (κ1) is 19.3. The van der Waals surface area contributed by atoms with Gasteiger partial charge in [0.25, 0.3) is 0 Å². The van der Waals surface area contributed by atoms with Gasteiger partial charge in [0.2, 0.25) is 11.9 Å². The summed E-state index contributed by atoms with van der Waals surface area (Å²) in [6.07, 6.45) is -2.47. The van der Waals surface area contributed by atoms with Crippen molar-refractivity contribution < 1.29 is 22.7 Å². The van der Waals surface area contributed by atoms with Crippen molar-refractivity contribution in [1.29, 1.82) is 0 Å². The number of hydrogen-bond donors (Lipinski definition) is 0. The number of ether oxygens (including phenoxy) is 1. The summed E-state index contributed by atoms with van der Waals surface area (Å²) in [5.74, 6) is 0.107. The van der Waals surface area contributed by atoms with Crippen molar-refractivity contribution in [2.45, 2.75) is 42.9 Å². The zero-order chi connectivity index (χ0) is 18.7. The number of amides is 1. The largest absolute Gasteiger partial charge is 0.406 e. The van der Waals surface area contributed by atoms with E-state index in [1.165, 1.54) is 0 Å². The summed E-state index contributed by atoms with van der Waals surface area (Å²) in [6, 6.07) is 0. The van der Waals surface area contributed by atoms with E-state index < -0.39 is 18.0 Å². The van der Waals surface area contributed by atoms with Crippen LogP contribution in [-0.2, 0) is 16.1 Å². The highest BCUT2D eigenvalue weighted by atomic mass is 32.2. The van der Waals surface area contributed by atoms with E-state index in [4.69, 9.17) is 4.74 Å². The van der Waals surface area contributed by atoms with Gasteiger partial charge in [0.05, 0.1) is 18.5 Å². The molecule has 1 unspecified atom stereocenters. The van der Waals surface area contributed by atoms with Crippen molar-refractivity contribution >= 4 is 23.6 Å². The van der Waals surface area contributed by atoms with E-state index in [9.17, 15) is 18.0 Å². The SMILES string of the molecule is CC(Sc1nnc(N2CCOCC2)n1CC(F)(F)F)C(=O)N1CCCC1. The lowest BCUT2D eigenvalue weighted by molar-refractivity contribution is -0.141. The smallest absolute Gasteiger partial charge is 0.378 e. The molecule has 1 amide bonds. The molecule has 0 bridgehead atoms. The van der Waals surface area contributed by atoms with Gasteiger partial charge < -0.3 is 14.5 Å². The van der Waals surface area contributed by atoms with E-state index in [0.29, 0.717) is 39.4 Å². The van der Waals surface area contributed by atoms with Crippen LogP contribution in [0, 0.1) is 0 Å². The molecule has 0 spiro atoms. The molecule has 3 heterocycles. The second-order valence-electron chi connectivity index (χ2n) is 6.38. The molecule has 0 aromatic carbocycles. The summed E-state index contributed by atoms with van der Waals surface area (Å²) >= 11 is 1.03. The fraction of sp³-hybridized carbons (Fsp3) is 0.800. The molecule has 1 aromatic heterocycles. The van der Waals surface area contributed by atoms with Crippen LogP contribution in [0.25, 0.3) is 0 Å². The van der Waals surface area contributed by atoms with E-state index >= 15 is 0 Å². The fourth-order valence-corrected chi connectivity index (χ4v) is 4.01. The van der Waals surface area contributed by atoms with Crippen LogP contribution in [0.3, 0.4) is 0 Å². The van der Waals surface area contributed by atoms with Crippen LogP contribution in [0.5, 0.6) is 0 Å². The molecule has 7 nitrogen and oxygen atoms in total. The molecule has 2 aliphatic rings. The molecule has 1 atom stereocenters. The summed E-state index contributed by atoms with van der Waals surface area (Å²) in [4.78, 5) is 15.9. The third kappa shape index (κ3) is 4.61. The highest BCUT2D eigenvalue weighted by Gasteiger charge is 2.34. The Balaban J connectivity index is 1.78. The number of thioether (sulfide) groups is 1. The van der Waals surface area contributed by atoms with Gasteiger partial charge in [0, 0.05) is 26.2 Å². The number of morpholine rings is 1. The minimum atomic E-state index is -4.40. The Bertz CT molecular complexity index is 627. The third-order valence-corrected chi connectivity index (χ3v) is 5.44. The lowest BCUT2D eigenvalue weighted by atomic mass is 10.4. The van der Waals surface area contributed by atoms with Crippen LogP contribution in [0.1, 0.15) is 19.8 Å². The molecule has 3 rings (SSSR count). The highest BCUT2D eigenvalue weighted by molar-refractivity contribution is 8.00. The van der Waals surface area contributed by atoms with Gasteiger partial charge >= 0.3 is 6.18 Å². The standard InChI is InChI=1S/C15H22F3N5O2S/c1-11(12(24)21-4-2-3-5-21)26-14-20-19-13(22-6-8-25-9-7-22)23(14)10-15(16,17)18/h11H,2-10H2,1H3. The predicted molar refractivity (Wildman–Crippen MR) is 90.2 cm³/mol. The summed E-state index contributed by atoms with van der Waals surface area (Å²) in [5.41, 5.74) is 0. The molecule has 26 heavy (non-hydrogen) atoms. The highest BCUT2D eigenvalue weighted by Crippen LogP contribution is 2.30. The maximum absolute atomic E-state index is 13.1. The Hall–Kier alpha value is -1.49. The van der Waals surface area contributed by atoms with Crippen LogP contribution >= 0.6 is 11.8 Å². The average Bonchev–Trinajstić information content (AvgIpc) is 3.25. The van der Waals surface area contributed by atoms with Crippen LogP contribution in [0.2, 0.25) is 0 Å². The van der Waals surface area contributed by atoms with Crippen molar-refractivity contribution in [2.24, 2.45) is 0 Å². The molecule has 1 aromatic rings. The van der Waals surface area contributed by atoms with Crippen molar-refractivity contribution in [3.05, 3.63) is 0 Å². The van der Waals surface area contributed by atoms with Crippen molar-refractivity contribution in [3.63, 3.8) is 0 Å². The van der Waals surface area contributed by atoms with Crippen LogP contribution < -0.4 is 4.90 Å². The van der Waals surface area contributed by atoms with Gasteiger partial charge in [-0.05, 0) is 19.8 Å². The number of halogens is 3. The molecule has 2 saturated heterocycles. The van der Waals surface area contributed by atoms with Crippen LogP contribution in [-0.4, -0.2) is 76.4 Å². The molecule has 0 radical (unpaired) electrons. The number of alkyl halides is 3. The van der Waals surface area contributed by atoms with Gasteiger partial charge in [-0.3, -0.25) is 9.36 Å². The third-order valence-electron chi connectivity index (χ3n) is 4.38. The first-order valence-electron chi connectivity index (χ1n) is 8.63. The fourth-order valence-electron chi connectivity index (χ4n) is 3.09. The minimum Gasteiger partial charge on any atom is -0.378 e. The topological polar surface area (TPSA) is 63.5 Å². The summed E-state index contributed by atoms with van der Waals surface area (Å²) in [5, 5.41) is 7.52. The lowest BCUT2D eigenvalue weighted by Gasteiger charge is -2.28. The summed E-state index contributed by atoms with van der Waals surface area (Å²) < 4.78 is 45.6. The Morgan fingerprint density at radius 1 is 1.19 bits per heavy atom. The van der Waals surface area contributed by atoms with Gasteiger partial charge in [-0.1, -0.05) is 11.8 Å². The first-order valence-corrected chi connectivity index (χ1v) is 9.51. The Morgan fingerprint density at radius 2 is 1.85 bits per heavy atom. The van der Waals surface area contributed by atoms with Crippen molar-refractivity contribution in [2.75, 3.05) is 44.3 Å². The van der Waals surface area contributed by atoms with E-state index in [1.54, 1.807) is 16.7 Å². The zero-order valence-corrected chi connectivity index (χ0v) is 15.4. The molecule has 11 heteroatoms. The zero-order valence-electron chi connectivity index (χ0n) is 14.5. The van der Waals surface area contributed by atoms with Crippen LogP contribution in [0.15, 0.2) is 5.16 Å². The molecule has 2 fully saturated rings. The number of carbonyl (C=O) groups excluding carboxylic acids is 1. The molecule has 0 aliphatic carbocycles. The van der Waals surface area contributed by atoms with E-state index in [0.717, 1.165) is 29.2 Å². The number of carbonyl (C=O) groups is 1. The lowest BCUT2D eigenvalue weighted by Crippen LogP contribution is -2.38. The van der Waals surface area contributed by atoms with Crippen LogP contribution in [0.4, 0.5) is 19.1 Å². The monoisotopic (exact) mass is 393 g/mol. The van der Waals surface area contributed by atoms with Gasteiger partial charge in [0.15, 0.2) is 5.16 Å². The predicted octanol–water partition coefficient (Wildman–Crippen LogP) is 1.78. The quantitative estimate of drug-likeness (QED) is 0.711. The maximum Gasteiger partial charge on any atom is 0.406 e. The molecule has 146 valence electrons. The Morgan fingerprint density at radius 3 is 2.46 bits per heavy atom. The van der Waals surface area contributed by atoms with E-state index in [-0.39, 0.29) is 17.0 Å². The maximum atomic E-state index is 13.1. The number of nitrogens with zero attached hydrogens (tertiary/aromatic N) is 5. The molecule has 0 saturated carbocycles. The van der Waals surface area contributed by atoms with E-state index in [2.05, 4.69) is 10.2 Å². The number of hydrogen-bond acceptors (Lipinski definition) is 6. The van der Waals surface area contributed by atoms with Gasteiger partial charge in [0.1, 0.15) is 6.54 Å². The molecule has 0 N–H and O–H groups in total. The molecule has 2 aliphatic heterocycles. The van der Waals surface area contributed by atoms with Crippen molar-refractivity contribution in [3.8, 4) is 0 Å². The summed E-state index contributed by atoms with van der Waals surface area (Å²) in [7, 11) is 0. The normalized spacial score (nSPS) is 19.8. The number of rotatable bonds is 5. The van der Waals surface area contributed by atoms with Crippen molar-refractivity contribution in [1.82, 2.24) is 19.7 Å². The Labute approximate surface area is 153 Å². The average molecular weight is 393 g/mol. The second kappa shape index (κ2) is 8.03.